The molecule has 2 aromatic carbocycles. The van der Waals surface area contributed by atoms with Crippen molar-refractivity contribution >= 4 is 21.8 Å². The lowest BCUT2D eigenvalue weighted by atomic mass is 10.2. The summed E-state index contributed by atoms with van der Waals surface area (Å²) in [5, 5.41) is 0. The van der Waals surface area contributed by atoms with Crippen LogP contribution in [0.4, 0.5) is 5.82 Å². The third-order valence-electron chi connectivity index (χ3n) is 4.59. The summed E-state index contributed by atoms with van der Waals surface area (Å²) in [6.07, 6.45) is 1.64. The summed E-state index contributed by atoms with van der Waals surface area (Å²) in [7, 11) is -0.783. The Bertz CT molecular complexity index is 1110. The number of carbonyl (C=O) groups is 1. The molecule has 0 radical (unpaired) electrons. The van der Waals surface area contributed by atoms with Gasteiger partial charge in [-0.05, 0) is 42.8 Å². The summed E-state index contributed by atoms with van der Waals surface area (Å²) in [5.74, 6) is 0.221. The largest absolute Gasteiger partial charge is 0.497 e. The Hall–Kier alpha value is -3.26. The number of ether oxygens (including phenoxy) is 2. The monoisotopic (exact) mass is 428 g/mol. The van der Waals surface area contributed by atoms with Crippen molar-refractivity contribution in [3.05, 3.63) is 78.0 Å². The molecule has 7 nitrogen and oxygen atoms in total. The topological polar surface area (TPSA) is 77.8 Å². The Labute approximate surface area is 176 Å². The normalized spacial score (nSPS) is 11.2. The molecule has 30 heavy (non-hydrogen) atoms. The molecule has 0 amide bonds. The van der Waals surface area contributed by atoms with Gasteiger partial charge in [-0.1, -0.05) is 30.3 Å². The van der Waals surface area contributed by atoms with E-state index in [-0.39, 0.29) is 29.4 Å². The molecule has 158 valence electrons. The van der Waals surface area contributed by atoms with Crippen LogP contribution in [0.2, 0.25) is 0 Å². The van der Waals surface area contributed by atoms with E-state index in [9.17, 15) is 13.2 Å². The molecule has 3 rings (SSSR count). The van der Waals surface area contributed by atoms with Crippen LogP contribution in [0.25, 0.3) is 0 Å². The van der Waals surface area contributed by atoms with Crippen LogP contribution in [0.3, 0.4) is 0 Å². The van der Waals surface area contributed by atoms with Crippen molar-refractivity contribution in [1.29, 1.82) is 0 Å². The zero-order chi connectivity index (χ0) is 21.7. The van der Waals surface area contributed by atoms with Crippen molar-refractivity contribution in [1.82, 2.24) is 4.57 Å². The van der Waals surface area contributed by atoms with Crippen molar-refractivity contribution < 1.29 is 22.7 Å². The molecule has 0 fully saturated rings. The SMILES string of the molecule is CCOC(=O)c1ccn(C)c1N(Cc1ccccc1)S(=O)(=O)c1ccc(OC)cc1. The maximum atomic E-state index is 13.6. The van der Waals surface area contributed by atoms with Gasteiger partial charge in [-0.25, -0.2) is 17.5 Å². The highest BCUT2D eigenvalue weighted by molar-refractivity contribution is 7.92. The standard InChI is InChI=1S/C22H24N2O5S/c1-4-29-22(25)20-14-15-23(2)21(20)24(16-17-8-6-5-7-9-17)30(26,27)19-12-10-18(28-3)11-13-19/h5-15H,4,16H2,1-3H3. The quantitative estimate of drug-likeness (QED) is 0.512. The van der Waals surface area contributed by atoms with Crippen LogP contribution in [-0.2, 0) is 28.4 Å². The van der Waals surface area contributed by atoms with Gasteiger partial charge < -0.3 is 14.0 Å². The Morgan fingerprint density at radius 2 is 1.70 bits per heavy atom. The summed E-state index contributed by atoms with van der Waals surface area (Å²) < 4.78 is 40.4. The second kappa shape index (κ2) is 9.04. The highest BCUT2D eigenvalue weighted by Gasteiger charge is 2.31. The number of esters is 1. The van der Waals surface area contributed by atoms with Crippen LogP contribution < -0.4 is 9.04 Å². The molecule has 8 heteroatoms. The third-order valence-corrected chi connectivity index (χ3v) is 6.34. The van der Waals surface area contributed by atoms with Gasteiger partial charge in [-0.3, -0.25) is 0 Å². The molecule has 0 saturated carbocycles. The first kappa shape index (κ1) is 21.4. The number of carbonyl (C=O) groups excluding carboxylic acids is 1. The number of hydrogen-bond acceptors (Lipinski definition) is 5. The van der Waals surface area contributed by atoms with Crippen molar-refractivity contribution in [3.8, 4) is 5.75 Å². The summed E-state index contributed by atoms with van der Waals surface area (Å²) in [6, 6.07) is 16.9. The highest BCUT2D eigenvalue weighted by atomic mass is 32.2. The number of methoxy groups -OCH3 is 1. The maximum absolute atomic E-state index is 13.6. The van der Waals surface area contributed by atoms with E-state index in [4.69, 9.17) is 9.47 Å². The van der Waals surface area contributed by atoms with Gasteiger partial charge in [0.1, 0.15) is 17.1 Å². The van der Waals surface area contributed by atoms with Gasteiger partial charge >= 0.3 is 5.97 Å². The third kappa shape index (κ3) is 4.33. The average Bonchev–Trinajstić information content (AvgIpc) is 3.14. The van der Waals surface area contributed by atoms with Crippen molar-refractivity contribution in [2.24, 2.45) is 7.05 Å². The summed E-state index contributed by atoms with van der Waals surface area (Å²) in [4.78, 5) is 12.6. The number of nitrogens with zero attached hydrogens (tertiary/aromatic N) is 2. The first-order valence-corrected chi connectivity index (χ1v) is 10.9. The van der Waals surface area contributed by atoms with E-state index in [1.54, 1.807) is 42.9 Å². The van der Waals surface area contributed by atoms with Crippen molar-refractivity contribution in [3.63, 3.8) is 0 Å². The fourth-order valence-corrected chi connectivity index (χ4v) is 4.61. The van der Waals surface area contributed by atoms with E-state index in [2.05, 4.69) is 0 Å². The Balaban J connectivity index is 2.14. The molecule has 0 saturated heterocycles. The second-order valence-electron chi connectivity index (χ2n) is 6.56. The number of anilines is 1. The molecule has 0 bridgehead atoms. The molecular formula is C22H24N2O5S. The number of sulfonamides is 1. The highest BCUT2D eigenvalue weighted by Crippen LogP contribution is 2.31. The van der Waals surface area contributed by atoms with Gasteiger partial charge in [0.15, 0.2) is 0 Å². The van der Waals surface area contributed by atoms with E-state index < -0.39 is 16.0 Å². The Morgan fingerprint density at radius 1 is 1.03 bits per heavy atom. The first-order chi connectivity index (χ1) is 14.4. The van der Waals surface area contributed by atoms with Crippen LogP contribution in [0, 0.1) is 0 Å². The number of aromatic nitrogens is 1. The average molecular weight is 429 g/mol. The minimum Gasteiger partial charge on any atom is -0.497 e. The maximum Gasteiger partial charge on any atom is 0.341 e. The van der Waals surface area contributed by atoms with Gasteiger partial charge in [-0.2, -0.15) is 0 Å². The molecule has 0 N–H and O–H groups in total. The van der Waals surface area contributed by atoms with Gasteiger partial charge in [-0.15, -0.1) is 0 Å². The summed E-state index contributed by atoms with van der Waals surface area (Å²) >= 11 is 0. The van der Waals surface area contributed by atoms with Crippen LogP contribution in [0.1, 0.15) is 22.8 Å². The van der Waals surface area contributed by atoms with Gasteiger partial charge in [0.2, 0.25) is 0 Å². The number of rotatable bonds is 8. The fourth-order valence-electron chi connectivity index (χ4n) is 3.10. The molecule has 0 aliphatic carbocycles. The summed E-state index contributed by atoms with van der Waals surface area (Å²) in [5.41, 5.74) is 0.970. The van der Waals surface area contributed by atoms with Crippen LogP contribution in [-0.4, -0.2) is 32.7 Å². The van der Waals surface area contributed by atoms with Gasteiger partial charge in [0, 0.05) is 13.2 Å². The molecule has 1 heterocycles. The smallest absolute Gasteiger partial charge is 0.341 e. The second-order valence-corrected chi connectivity index (χ2v) is 8.42. The molecular weight excluding hydrogens is 404 g/mol. The van der Waals surface area contributed by atoms with Crippen LogP contribution in [0.5, 0.6) is 5.75 Å². The number of benzene rings is 2. The van der Waals surface area contributed by atoms with Crippen molar-refractivity contribution in [2.45, 2.75) is 18.4 Å². The first-order valence-electron chi connectivity index (χ1n) is 9.41. The fraction of sp³-hybridized carbons (Fsp3) is 0.227. The predicted molar refractivity (Wildman–Crippen MR) is 114 cm³/mol. The minimum atomic E-state index is -3.99. The zero-order valence-electron chi connectivity index (χ0n) is 17.1. The Kier molecular flexibility index (Phi) is 6.47. The van der Waals surface area contributed by atoms with Crippen molar-refractivity contribution in [2.75, 3.05) is 18.0 Å². The van der Waals surface area contributed by atoms with E-state index in [0.29, 0.717) is 5.75 Å². The molecule has 0 unspecified atom stereocenters. The van der Waals surface area contributed by atoms with E-state index in [1.165, 1.54) is 23.5 Å². The molecule has 3 aromatic rings. The lowest BCUT2D eigenvalue weighted by molar-refractivity contribution is 0.0527. The van der Waals surface area contributed by atoms with Gasteiger partial charge in [0.05, 0.1) is 25.2 Å². The molecule has 0 atom stereocenters. The minimum absolute atomic E-state index is 0.0550. The van der Waals surface area contributed by atoms with E-state index in [1.807, 2.05) is 30.3 Å². The molecule has 0 aliphatic rings. The lowest BCUT2D eigenvalue weighted by Gasteiger charge is -2.26. The molecule has 1 aromatic heterocycles. The van der Waals surface area contributed by atoms with Crippen LogP contribution >= 0.6 is 0 Å². The van der Waals surface area contributed by atoms with Crippen LogP contribution in [0.15, 0.2) is 71.8 Å². The predicted octanol–water partition coefficient (Wildman–Crippen LogP) is 3.61. The Morgan fingerprint density at radius 3 is 2.30 bits per heavy atom. The van der Waals surface area contributed by atoms with Gasteiger partial charge in [0.25, 0.3) is 10.0 Å². The molecule has 0 aliphatic heterocycles. The zero-order valence-corrected chi connectivity index (χ0v) is 17.9. The number of hydrogen-bond donors (Lipinski definition) is 0. The van der Waals surface area contributed by atoms with E-state index >= 15 is 0 Å². The number of aryl methyl sites for hydroxylation is 1. The summed E-state index contributed by atoms with van der Waals surface area (Å²) in [6.45, 7) is 1.95. The van der Waals surface area contributed by atoms with E-state index in [0.717, 1.165) is 5.56 Å². The lowest BCUT2D eigenvalue weighted by Crippen LogP contribution is -2.33. The molecule has 0 spiro atoms.